The van der Waals surface area contributed by atoms with Crippen molar-refractivity contribution in [3.05, 3.63) is 76.6 Å². The van der Waals surface area contributed by atoms with Gasteiger partial charge in [-0.15, -0.1) is 0 Å². The molecule has 3 aliphatic carbocycles. The van der Waals surface area contributed by atoms with Crippen molar-refractivity contribution in [1.29, 1.82) is 0 Å². The largest absolute Gasteiger partial charge is 0.462 e. The van der Waals surface area contributed by atoms with Gasteiger partial charge in [0.2, 0.25) is 0 Å². The van der Waals surface area contributed by atoms with Gasteiger partial charge in [0.1, 0.15) is 11.5 Å². The molecule has 2 fully saturated rings. The van der Waals surface area contributed by atoms with Crippen LogP contribution in [-0.2, 0) is 12.8 Å². The lowest BCUT2D eigenvalue weighted by molar-refractivity contribution is -0.0226. The Bertz CT molecular complexity index is 991. The minimum atomic E-state index is -0.0935. The third kappa shape index (κ3) is 3.81. The summed E-state index contributed by atoms with van der Waals surface area (Å²) in [4.78, 5) is 0. The first-order valence-electron chi connectivity index (χ1n) is 12.7. The molecule has 0 aliphatic heterocycles. The maximum absolute atomic E-state index is 10.6. The van der Waals surface area contributed by atoms with Crippen LogP contribution in [0.3, 0.4) is 0 Å². The normalized spacial score (nSPS) is 31.9. The van der Waals surface area contributed by atoms with E-state index in [4.69, 9.17) is 4.74 Å². The fraction of sp³-hybridized carbons (Fsp3) is 0.533. The molecule has 0 saturated heterocycles. The predicted molar refractivity (Wildman–Crippen MR) is 131 cm³/mol. The van der Waals surface area contributed by atoms with Crippen LogP contribution in [0.4, 0.5) is 0 Å². The lowest BCUT2D eigenvalue weighted by atomic mass is 9.55. The summed E-state index contributed by atoms with van der Waals surface area (Å²) < 4.78 is 6.39. The van der Waals surface area contributed by atoms with Crippen LogP contribution in [0, 0.1) is 17.3 Å². The molecule has 0 aromatic heterocycles. The molecule has 0 radical (unpaired) electrons. The summed E-state index contributed by atoms with van der Waals surface area (Å²) in [5.41, 5.74) is 5.89. The molecule has 2 aromatic rings. The Morgan fingerprint density at radius 1 is 1.06 bits per heavy atom. The molecule has 2 aromatic carbocycles. The molecule has 1 N–H and O–H groups in total. The Kier molecular flexibility index (Phi) is 5.92. The minimum absolute atomic E-state index is 0.0935. The highest BCUT2D eigenvalue weighted by molar-refractivity contribution is 5.41. The molecule has 5 atom stereocenters. The van der Waals surface area contributed by atoms with Crippen molar-refractivity contribution >= 4 is 0 Å². The summed E-state index contributed by atoms with van der Waals surface area (Å²) >= 11 is 0. The van der Waals surface area contributed by atoms with Gasteiger partial charge in [-0.05, 0) is 116 Å². The lowest BCUT2D eigenvalue weighted by Crippen LogP contribution is -2.43. The molecule has 0 heterocycles. The molecular weight excluding hydrogens is 392 g/mol. The summed E-state index contributed by atoms with van der Waals surface area (Å²) in [6.07, 6.45) is 8.85. The number of fused-ring (bicyclic) bond motifs is 5. The second-order valence-corrected chi connectivity index (χ2v) is 10.7. The van der Waals surface area contributed by atoms with Crippen molar-refractivity contribution in [3.8, 4) is 5.75 Å². The molecule has 170 valence electrons. The number of aryl methyl sites for hydroxylation is 1. The summed E-state index contributed by atoms with van der Waals surface area (Å²) in [5, 5.41) is 10.6. The molecule has 2 heteroatoms. The van der Waals surface area contributed by atoms with Crippen LogP contribution < -0.4 is 4.74 Å². The Morgan fingerprint density at radius 2 is 1.88 bits per heavy atom. The SMILES string of the molecule is CCC(Cc1ccccc1)=C(C)Oc1ccc2c(c1)CC[C@@H]1[C@@H]2CC[C@]2(C)[C@@H](O)CC[C@@H]12. The smallest absolute Gasteiger partial charge is 0.127 e. The zero-order valence-electron chi connectivity index (χ0n) is 19.9. The average molecular weight is 431 g/mol. The number of ether oxygens (including phenoxy) is 1. The van der Waals surface area contributed by atoms with Gasteiger partial charge in [-0.1, -0.05) is 50.2 Å². The van der Waals surface area contributed by atoms with Gasteiger partial charge in [-0.25, -0.2) is 0 Å². The lowest BCUT2D eigenvalue weighted by Gasteiger charge is -2.50. The molecule has 0 amide bonds. The molecule has 0 unspecified atom stereocenters. The maximum Gasteiger partial charge on any atom is 0.127 e. The monoisotopic (exact) mass is 430 g/mol. The van der Waals surface area contributed by atoms with Gasteiger partial charge in [0.25, 0.3) is 0 Å². The molecule has 3 aliphatic rings. The molecular formula is C30H38O2. The standard InChI is InChI=1S/C30H38O2/c1-4-22(18-21-8-6-5-7-9-21)20(2)32-24-11-13-25-23(19-24)10-12-27-26(25)16-17-30(3)28(27)14-15-29(30)31/h5-9,11,13,19,26-29,31H,4,10,12,14-18H2,1-3H3/t26-,27-,28+,29+,30+/m1/s1. The molecule has 5 rings (SSSR count). The summed E-state index contributed by atoms with van der Waals surface area (Å²) in [5.74, 6) is 4.12. The van der Waals surface area contributed by atoms with Gasteiger partial charge in [0, 0.05) is 0 Å². The predicted octanol–water partition coefficient (Wildman–Crippen LogP) is 7.21. The van der Waals surface area contributed by atoms with E-state index in [1.54, 1.807) is 5.56 Å². The molecule has 2 nitrogen and oxygen atoms in total. The van der Waals surface area contributed by atoms with Gasteiger partial charge < -0.3 is 9.84 Å². The van der Waals surface area contributed by atoms with E-state index >= 15 is 0 Å². The van der Waals surface area contributed by atoms with Gasteiger partial charge in [-0.3, -0.25) is 0 Å². The number of benzene rings is 2. The summed E-state index contributed by atoms with van der Waals surface area (Å²) in [6.45, 7) is 6.69. The van der Waals surface area contributed by atoms with Crippen molar-refractivity contribution in [2.75, 3.05) is 0 Å². The minimum Gasteiger partial charge on any atom is -0.462 e. The molecule has 32 heavy (non-hydrogen) atoms. The number of rotatable bonds is 5. The van der Waals surface area contributed by atoms with Crippen LogP contribution in [0.25, 0.3) is 0 Å². The van der Waals surface area contributed by atoms with E-state index in [-0.39, 0.29) is 11.5 Å². The number of allylic oxidation sites excluding steroid dienone is 2. The number of aliphatic hydroxyl groups excluding tert-OH is 1. The Morgan fingerprint density at radius 3 is 2.66 bits per heavy atom. The first-order chi connectivity index (χ1) is 15.5. The van der Waals surface area contributed by atoms with Crippen molar-refractivity contribution in [2.24, 2.45) is 17.3 Å². The number of hydrogen-bond acceptors (Lipinski definition) is 2. The Balaban J connectivity index is 1.34. The zero-order chi connectivity index (χ0) is 22.3. The van der Waals surface area contributed by atoms with E-state index in [0.29, 0.717) is 11.8 Å². The highest BCUT2D eigenvalue weighted by Crippen LogP contribution is 2.60. The topological polar surface area (TPSA) is 29.5 Å². The summed E-state index contributed by atoms with van der Waals surface area (Å²) in [6, 6.07) is 17.5. The third-order valence-corrected chi connectivity index (χ3v) is 9.10. The van der Waals surface area contributed by atoms with E-state index in [1.807, 2.05) is 0 Å². The van der Waals surface area contributed by atoms with Crippen LogP contribution in [0.15, 0.2) is 59.9 Å². The first-order valence-corrected chi connectivity index (χ1v) is 12.7. The van der Waals surface area contributed by atoms with E-state index in [0.717, 1.165) is 43.1 Å². The van der Waals surface area contributed by atoms with Gasteiger partial charge in [-0.2, -0.15) is 0 Å². The molecule has 0 spiro atoms. The fourth-order valence-corrected chi connectivity index (χ4v) is 7.18. The second-order valence-electron chi connectivity index (χ2n) is 10.7. The van der Waals surface area contributed by atoms with Crippen molar-refractivity contribution in [3.63, 3.8) is 0 Å². The second kappa shape index (κ2) is 8.71. The van der Waals surface area contributed by atoms with Gasteiger partial charge in [0.15, 0.2) is 0 Å². The van der Waals surface area contributed by atoms with Crippen LogP contribution in [0.2, 0.25) is 0 Å². The van der Waals surface area contributed by atoms with E-state index in [1.165, 1.54) is 42.4 Å². The number of aliphatic hydroxyl groups is 1. The highest BCUT2D eigenvalue weighted by Gasteiger charge is 2.54. The van der Waals surface area contributed by atoms with Gasteiger partial charge in [0.05, 0.1) is 6.10 Å². The maximum atomic E-state index is 10.6. The van der Waals surface area contributed by atoms with Crippen LogP contribution >= 0.6 is 0 Å². The number of hydrogen-bond donors (Lipinski definition) is 1. The Labute approximate surface area is 193 Å². The van der Waals surface area contributed by atoms with Crippen LogP contribution in [0.5, 0.6) is 5.75 Å². The third-order valence-electron chi connectivity index (χ3n) is 9.10. The van der Waals surface area contributed by atoms with Crippen LogP contribution in [0.1, 0.15) is 81.9 Å². The Hall–Kier alpha value is -2.06. The van der Waals surface area contributed by atoms with Gasteiger partial charge >= 0.3 is 0 Å². The highest BCUT2D eigenvalue weighted by atomic mass is 16.5. The molecule has 2 saturated carbocycles. The van der Waals surface area contributed by atoms with E-state index < -0.39 is 0 Å². The average Bonchev–Trinajstić information content (AvgIpc) is 3.12. The van der Waals surface area contributed by atoms with Crippen molar-refractivity contribution < 1.29 is 9.84 Å². The van der Waals surface area contributed by atoms with Crippen molar-refractivity contribution in [1.82, 2.24) is 0 Å². The van der Waals surface area contributed by atoms with Crippen molar-refractivity contribution in [2.45, 2.75) is 84.2 Å². The summed E-state index contributed by atoms with van der Waals surface area (Å²) in [7, 11) is 0. The van der Waals surface area contributed by atoms with E-state index in [2.05, 4.69) is 69.3 Å². The molecule has 0 bridgehead atoms. The zero-order valence-corrected chi connectivity index (χ0v) is 19.9. The quantitative estimate of drug-likeness (QED) is 0.508. The fourth-order valence-electron chi connectivity index (χ4n) is 7.18. The first kappa shape index (κ1) is 21.8. The van der Waals surface area contributed by atoms with E-state index in [9.17, 15) is 5.11 Å². The van der Waals surface area contributed by atoms with Crippen LogP contribution in [-0.4, -0.2) is 11.2 Å².